The molecular formula is C16H23NO6. The highest BCUT2D eigenvalue weighted by molar-refractivity contribution is 6.00. The van der Waals surface area contributed by atoms with E-state index >= 15 is 0 Å². The number of carboxylic acid groups (broad SMARTS) is 2. The van der Waals surface area contributed by atoms with Crippen LogP contribution >= 0.6 is 0 Å². The van der Waals surface area contributed by atoms with Crippen LogP contribution in [0.15, 0.2) is 23.7 Å². The number of carboxylic acids is 2. The Balaban J connectivity index is 2.43. The zero-order valence-electron chi connectivity index (χ0n) is 13.5. The molecule has 0 aromatic rings. The summed E-state index contributed by atoms with van der Waals surface area (Å²) in [5.74, 6) is -5.79. The first-order chi connectivity index (χ1) is 10.7. The second-order valence-electron chi connectivity index (χ2n) is 6.22. The van der Waals surface area contributed by atoms with Gasteiger partial charge in [0, 0.05) is 12.0 Å². The maximum atomic E-state index is 11.4. The van der Waals surface area contributed by atoms with Crippen LogP contribution in [-0.2, 0) is 19.1 Å². The van der Waals surface area contributed by atoms with Gasteiger partial charge in [-0.05, 0) is 37.7 Å². The van der Waals surface area contributed by atoms with Crippen LogP contribution < -0.4 is 5.73 Å². The van der Waals surface area contributed by atoms with Gasteiger partial charge in [0.1, 0.15) is 5.76 Å². The Morgan fingerprint density at radius 1 is 1.30 bits per heavy atom. The summed E-state index contributed by atoms with van der Waals surface area (Å²) in [7, 11) is 0. The molecule has 0 fully saturated rings. The summed E-state index contributed by atoms with van der Waals surface area (Å²) in [5.41, 5.74) is 5.67. The van der Waals surface area contributed by atoms with Gasteiger partial charge in [0.25, 0.3) is 0 Å². The maximum absolute atomic E-state index is 11.4. The zero-order chi connectivity index (χ0) is 17.4. The van der Waals surface area contributed by atoms with Crippen LogP contribution in [0.4, 0.5) is 0 Å². The molecule has 3 atom stereocenters. The molecule has 0 saturated heterocycles. The average molecular weight is 325 g/mol. The minimum absolute atomic E-state index is 0.0539. The lowest BCUT2D eigenvalue weighted by Crippen LogP contribution is -2.48. The Kier molecular flexibility index (Phi) is 4.43. The standard InChI is InChI=1S/C16H23NO6/c1-4-10-12-11(6-7-15(10,5-2)8-9(3)17)22-16(23-12,13(18)19)14(20)21/h6-7,9-10H,4-5,8,17H2,1-3H3,(H,18,19)(H,20,21). The van der Waals surface area contributed by atoms with Gasteiger partial charge in [-0.3, -0.25) is 0 Å². The summed E-state index contributed by atoms with van der Waals surface area (Å²) < 4.78 is 10.6. The lowest BCUT2D eigenvalue weighted by atomic mass is 9.65. The summed E-state index contributed by atoms with van der Waals surface area (Å²) in [5, 5.41) is 18.5. The number of nitrogens with two attached hydrogens (primary N) is 1. The van der Waals surface area contributed by atoms with Gasteiger partial charge in [-0.25, -0.2) is 9.59 Å². The minimum Gasteiger partial charge on any atom is -0.475 e. The first-order valence-corrected chi connectivity index (χ1v) is 7.76. The van der Waals surface area contributed by atoms with Crippen LogP contribution in [-0.4, -0.2) is 34.0 Å². The van der Waals surface area contributed by atoms with Gasteiger partial charge in [-0.2, -0.15) is 0 Å². The molecule has 0 aromatic carbocycles. The van der Waals surface area contributed by atoms with Gasteiger partial charge < -0.3 is 25.4 Å². The summed E-state index contributed by atoms with van der Waals surface area (Å²) in [6, 6.07) is -0.0539. The molecule has 0 saturated carbocycles. The van der Waals surface area contributed by atoms with Crippen molar-refractivity contribution in [3.8, 4) is 0 Å². The quantitative estimate of drug-likeness (QED) is 0.637. The van der Waals surface area contributed by atoms with Gasteiger partial charge in [0.05, 0.1) is 0 Å². The third kappa shape index (κ3) is 2.59. The van der Waals surface area contributed by atoms with Gasteiger partial charge in [0.15, 0.2) is 5.76 Å². The Bertz CT molecular complexity index is 565. The molecule has 1 heterocycles. The van der Waals surface area contributed by atoms with Crippen LogP contribution in [0.5, 0.6) is 0 Å². The van der Waals surface area contributed by atoms with Crippen molar-refractivity contribution in [1.82, 2.24) is 0 Å². The van der Waals surface area contributed by atoms with E-state index in [0.717, 1.165) is 6.42 Å². The molecular weight excluding hydrogens is 302 g/mol. The van der Waals surface area contributed by atoms with Gasteiger partial charge in [-0.1, -0.05) is 19.9 Å². The number of rotatable bonds is 6. The van der Waals surface area contributed by atoms with Gasteiger partial charge in [0.2, 0.25) is 0 Å². The van der Waals surface area contributed by atoms with E-state index in [4.69, 9.17) is 15.2 Å². The Hall–Kier alpha value is -2.02. The first-order valence-electron chi connectivity index (χ1n) is 7.76. The molecule has 0 amide bonds. The van der Waals surface area contributed by atoms with Crippen molar-refractivity contribution in [1.29, 1.82) is 0 Å². The van der Waals surface area contributed by atoms with Crippen molar-refractivity contribution in [2.45, 2.75) is 51.9 Å². The summed E-state index contributed by atoms with van der Waals surface area (Å²) in [4.78, 5) is 22.8. The molecule has 1 aliphatic heterocycles. The predicted molar refractivity (Wildman–Crippen MR) is 81.1 cm³/mol. The third-order valence-electron chi connectivity index (χ3n) is 4.66. The summed E-state index contributed by atoms with van der Waals surface area (Å²) in [6.45, 7) is 5.88. The van der Waals surface area contributed by atoms with E-state index in [0.29, 0.717) is 18.6 Å². The van der Waals surface area contributed by atoms with E-state index in [-0.39, 0.29) is 23.1 Å². The van der Waals surface area contributed by atoms with Crippen molar-refractivity contribution in [3.05, 3.63) is 23.7 Å². The van der Waals surface area contributed by atoms with Crippen molar-refractivity contribution in [2.24, 2.45) is 17.1 Å². The topological polar surface area (TPSA) is 119 Å². The molecule has 128 valence electrons. The first kappa shape index (κ1) is 17.3. The molecule has 0 bridgehead atoms. The van der Waals surface area contributed by atoms with Gasteiger partial charge >= 0.3 is 17.7 Å². The maximum Gasteiger partial charge on any atom is 0.452 e. The highest BCUT2D eigenvalue weighted by Gasteiger charge is 2.60. The average Bonchev–Trinajstić information content (AvgIpc) is 2.87. The molecule has 0 spiro atoms. The van der Waals surface area contributed by atoms with E-state index in [1.807, 2.05) is 26.8 Å². The van der Waals surface area contributed by atoms with Crippen molar-refractivity contribution >= 4 is 11.9 Å². The van der Waals surface area contributed by atoms with Crippen LogP contribution in [0.3, 0.4) is 0 Å². The van der Waals surface area contributed by atoms with Crippen LogP contribution in [0.2, 0.25) is 0 Å². The molecule has 2 aliphatic rings. The van der Waals surface area contributed by atoms with E-state index < -0.39 is 17.7 Å². The van der Waals surface area contributed by atoms with E-state index in [1.165, 1.54) is 0 Å². The van der Waals surface area contributed by atoms with E-state index in [9.17, 15) is 19.8 Å². The Labute approximate surface area is 134 Å². The van der Waals surface area contributed by atoms with Crippen LogP contribution in [0.1, 0.15) is 40.0 Å². The second kappa shape index (κ2) is 5.88. The van der Waals surface area contributed by atoms with Crippen molar-refractivity contribution < 1.29 is 29.3 Å². The number of allylic oxidation sites excluding steroid dienone is 3. The number of aliphatic carboxylic acids is 2. The molecule has 3 unspecified atom stereocenters. The van der Waals surface area contributed by atoms with Crippen molar-refractivity contribution in [2.75, 3.05) is 0 Å². The molecule has 7 nitrogen and oxygen atoms in total. The highest BCUT2D eigenvalue weighted by Crippen LogP contribution is 2.51. The minimum atomic E-state index is -2.71. The second-order valence-corrected chi connectivity index (χ2v) is 6.22. The molecule has 1 aliphatic carbocycles. The normalized spacial score (nSPS) is 29.5. The third-order valence-corrected chi connectivity index (χ3v) is 4.66. The fourth-order valence-electron chi connectivity index (χ4n) is 3.59. The molecule has 0 radical (unpaired) electrons. The smallest absolute Gasteiger partial charge is 0.452 e. The fraction of sp³-hybridized carbons (Fsp3) is 0.625. The van der Waals surface area contributed by atoms with E-state index in [1.54, 1.807) is 6.08 Å². The zero-order valence-corrected chi connectivity index (χ0v) is 13.5. The Morgan fingerprint density at radius 2 is 1.91 bits per heavy atom. The van der Waals surface area contributed by atoms with E-state index in [2.05, 4.69) is 0 Å². The Morgan fingerprint density at radius 3 is 2.35 bits per heavy atom. The number of hydrogen-bond acceptors (Lipinski definition) is 5. The molecule has 23 heavy (non-hydrogen) atoms. The number of hydrogen-bond donors (Lipinski definition) is 3. The fourth-order valence-corrected chi connectivity index (χ4v) is 3.59. The molecule has 0 aromatic heterocycles. The highest BCUT2D eigenvalue weighted by atomic mass is 16.8. The number of ether oxygens (including phenoxy) is 2. The van der Waals surface area contributed by atoms with Gasteiger partial charge in [-0.15, -0.1) is 0 Å². The largest absolute Gasteiger partial charge is 0.475 e. The predicted octanol–water partition coefficient (Wildman–Crippen LogP) is 1.84. The molecule has 7 heteroatoms. The summed E-state index contributed by atoms with van der Waals surface area (Å²) in [6.07, 6.45) is 5.68. The lowest BCUT2D eigenvalue weighted by molar-refractivity contribution is -0.214. The molecule has 2 rings (SSSR count). The van der Waals surface area contributed by atoms with Crippen molar-refractivity contribution in [3.63, 3.8) is 0 Å². The molecule has 4 N–H and O–H groups in total. The number of carbonyl (C=O) groups is 2. The monoisotopic (exact) mass is 325 g/mol. The van der Waals surface area contributed by atoms with Crippen LogP contribution in [0.25, 0.3) is 0 Å². The SMILES string of the molecule is CCC1C2=C(C=CC1(CC)CC(C)N)OC(C(=O)O)(C(=O)O)O2. The lowest BCUT2D eigenvalue weighted by Gasteiger charge is -2.40. The van der Waals surface area contributed by atoms with Crippen LogP contribution in [0, 0.1) is 11.3 Å². The summed E-state index contributed by atoms with van der Waals surface area (Å²) >= 11 is 0.